The number of furan rings is 1. The minimum absolute atomic E-state index is 0.122. The van der Waals surface area contributed by atoms with E-state index in [1.807, 2.05) is 45.2 Å². The molecular weight excluding hydrogens is 292 g/mol. The van der Waals surface area contributed by atoms with Gasteiger partial charge in [0.1, 0.15) is 5.69 Å². The highest BCUT2D eigenvalue weighted by atomic mass is 16.3. The van der Waals surface area contributed by atoms with Crippen LogP contribution in [0.3, 0.4) is 0 Å². The van der Waals surface area contributed by atoms with Gasteiger partial charge in [0.2, 0.25) is 0 Å². The van der Waals surface area contributed by atoms with Crippen molar-refractivity contribution in [2.45, 2.75) is 20.4 Å². The predicted octanol–water partition coefficient (Wildman–Crippen LogP) is 2.62. The van der Waals surface area contributed by atoms with E-state index in [0.717, 1.165) is 28.4 Å². The largest absolute Gasteiger partial charge is 0.463 e. The standard InChI is InChI=1S/C17H18N4O2/c1-11-16(12(2)21(3)20-11)17(22)19-10-13-6-7-14(18-9-13)15-5-4-8-23-15/h4-9H,10H2,1-3H3,(H,19,22). The first kappa shape index (κ1) is 15.0. The van der Waals surface area contributed by atoms with Crippen molar-refractivity contribution in [2.24, 2.45) is 7.05 Å². The van der Waals surface area contributed by atoms with E-state index < -0.39 is 0 Å². The second-order valence-corrected chi connectivity index (χ2v) is 5.38. The maximum absolute atomic E-state index is 12.3. The van der Waals surface area contributed by atoms with E-state index in [0.29, 0.717) is 12.1 Å². The van der Waals surface area contributed by atoms with Gasteiger partial charge in [-0.25, -0.2) is 0 Å². The summed E-state index contributed by atoms with van der Waals surface area (Å²) < 4.78 is 7.01. The number of rotatable bonds is 4. The monoisotopic (exact) mass is 310 g/mol. The molecule has 1 N–H and O–H groups in total. The fourth-order valence-corrected chi connectivity index (χ4v) is 2.47. The zero-order valence-corrected chi connectivity index (χ0v) is 13.3. The number of hydrogen-bond donors (Lipinski definition) is 1. The maximum atomic E-state index is 12.3. The second-order valence-electron chi connectivity index (χ2n) is 5.38. The van der Waals surface area contributed by atoms with Gasteiger partial charge in [-0.1, -0.05) is 6.07 Å². The topological polar surface area (TPSA) is 73.0 Å². The van der Waals surface area contributed by atoms with Gasteiger partial charge in [0.25, 0.3) is 5.91 Å². The molecule has 23 heavy (non-hydrogen) atoms. The van der Waals surface area contributed by atoms with Crippen molar-refractivity contribution >= 4 is 5.91 Å². The van der Waals surface area contributed by atoms with Gasteiger partial charge in [0.15, 0.2) is 5.76 Å². The van der Waals surface area contributed by atoms with E-state index in [2.05, 4.69) is 15.4 Å². The van der Waals surface area contributed by atoms with E-state index in [4.69, 9.17) is 4.42 Å². The molecule has 0 aliphatic heterocycles. The average Bonchev–Trinajstić information content (AvgIpc) is 3.15. The van der Waals surface area contributed by atoms with Crippen LogP contribution >= 0.6 is 0 Å². The van der Waals surface area contributed by atoms with Gasteiger partial charge in [0, 0.05) is 25.5 Å². The van der Waals surface area contributed by atoms with E-state index in [-0.39, 0.29) is 5.91 Å². The summed E-state index contributed by atoms with van der Waals surface area (Å²) in [5, 5.41) is 7.17. The van der Waals surface area contributed by atoms with Crippen molar-refractivity contribution in [1.82, 2.24) is 20.1 Å². The molecule has 0 radical (unpaired) electrons. The fourth-order valence-electron chi connectivity index (χ4n) is 2.47. The third kappa shape index (κ3) is 3.01. The van der Waals surface area contributed by atoms with Crippen molar-refractivity contribution in [3.05, 3.63) is 59.2 Å². The maximum Gasteiger partial charge on any atom is 0.255 e. The molecule has 0 aromatic carbocycles. The van der Waals surface area contributed by atoms with Crippen LogP contribution in [0.15, 0.2) is 41.1 Å². The van der Waals surface area contributed by atoms with E-state index in [1.165, 1.54) is 0 Å². The first-order valence-electron chi connectivity index (χ1n) is 7.33. The summed E-state index contributed by atoms with van der Waals surface area (Å²) in [7, 11) is 1.83. The Balaban J connectivity index is 1.67. The van der Waals surface area contributed by atoms with Crippen LogP contribution in [0.25, 0.3) is 11.5 Å². The Hall–Kier alpha value is -2.89. The Morgan fingerprint density at radius 2 is 2.13 bits per heavy atom. The van der Waals surface area contributed by atoms with E-state index in [1.54, 1.807) is 17.1 Å². The van der Waals surface area contributed by atoms with Crippen LogP contribution in [0.4, 0.5) is 0 Å². The van der Waals surface area contributed by atoms with Crippen LogP contribution in [-0.2, 0) is 13.6 Å². The number of amides is 1. The van der Waals surface area contributed by atoms with Crippen molar-refractivity contribution in [3.63, 3.8) is 0 Å². The number of nitrogens with zero attached hydrogens (tertiary/aromatic N) is 3. The first-order valence-corrected chi connectivity index (χ1v) is 7.33. The molecule has 0 aliphatic rings. The summed E-state index contributed by atoms with van der Waals surface area (Å²) in [6.45, 7) is 4.13. The van der Waals surface area contributed by atoms with Gasteiger partial charge in [0.05, 0.1) is 17.5 Å². The van der Waals surface area contributed by atoms with Crippen LogP contribution in [-0.4, -0.2) is 20.7 Å². The molecule has 118 valence electrons. The van der Waals surface area contributed by atoms with Crippen LogP contribution < -0.4 is 5.32 Å². The van der Waals surface area contributed by atoms with Gasteiger partial charge in [-0.2, -0.15) is 5.10 Å². The van der Waals surface area contributed by atoms with Gasteiger partial charge < -0.3 is 9.73 Å². The Morgan fingerprint density at radius 1 is 1.30 bits per heavy atom. The highest BCUT2D eigenvalue weighted by molar-refractivity contribution is 5.96. The van der Waals surface area contributed by atoms with E-state index in [9.17, 15) is 4.79 Å². The van der Waals surface area contributed by atoms with Crippen molar-refractivity contribution in [3.8, 4) is 11.5 Å². The highest BCUT2D eigenvalue weighted by Crippen LogP contribution is 2.17. The number of nitrogens with one attached hydrogen (secondary N) is 1. The summed E-state index contributed by atoms with van der Waals surface area (Å²) in [6, 6.07) is 7.48. The van der Waals surface area contributed by atoms with Crippen molar-refractivity contribution < 1.29 is 9.21 Å². The molecule has 6 nitrogen and oxygen atoms in total. The zero-order valence-electron chi connectivity index (χ0n) is 13.3. The normalized spacial score (nSPS) is 10.7. The lowest BCUT2D eigenvalue weighted by molar-refractivity contribution is 0.0949. The Labute approximate surface area is 134 Å². The second kappa shape index (κ2) is 6.08. The summed E-state index contributed by atoms with van der Waals surface area (Å²) in [5.41, 5.74) is 3.91. The smallest absolute Gasteiger partial charge is 0.255 e. The molecular formula is C17H18N4O2. The Morgan fingerprint density at radius 3 is 2.70 bits per heavy atom. The van der Waals surface area contributed by atoms with Gasteiger partial charge in [-0.05, 0) is 37.6 Å². The molecule has 0 saturated carbocycles. The minimum Gasteiger partial charge on any atom is -0.463 e. The Bertz CT molecular complexity index is 817. The third-order valence-electron chi connectivity index (χ3n) is 3.79. The quantitative estimate of drug-likeness (QED) is 0.804. The van der Waals surface area contributed by atoms with Crippen LogP contribution in [0, 0.1) is 13.8 Å². The Kier molecular flexibility index (Phi) is 3.97. The summed E-state index contributed by atoms with van der Waals surface area (Å²) >= 11 is 0. The SMILES string of the molecule is Cc1nn(C)c(C)c1C(=O)NCc1ccc(-c2ccco2)nc1. The lowest BCUT2D eigenvalue weighted by Gasteiger charge is -2.06. The first-order chi connectivity index (χ1) is 11.1. The summed E-state index contributed by atoms with van der Waals surface area (Å²) in [6.07, 6.45) is 3.35. The summed E-state index contributed by atoms with van der Waals surface area (Å²) in [5.74, 6) is 0.602. The van der Waals surface area contributed by atoms with Crippen LogP contribution in [0.5, 0.6) is 0 Å². The molecule has 0 spiro atoms. The number of aromatic nitrogens is 3. The highest BCUT2D eigenvalue weighted by Gasteiger charge is 2.16. The average molecular weight is 310 g/mol. The molecule has 0 atom stereocenters. The van der Waals surface area contributed by atoms with Crippen molar-refractivity contribution in [2.75, 3.05) is 0 Å². The summed E-state index contributed by atoms with van der Waals surface area (Å²) in [4.78, 5) is 16.7. The predicted molar refractivity (Wildman–Crippen MR) is 85.8 cm³/mol. The minimum atomic E-state index is -0.122. The van der Waals surface area contributed by atoms with Crippen LogP contribution in [0.1, 0.15) is 27.3 Å². The van der Waals surface area contributed by atoms with Crippen molar-refractivity contribution in [1.29, 1.82) is 0 Å². The molecule has 3 rings (SSSR count). The molecule has 3 aromatic rings. The zero-order chi connectivity index (χ0) is 16.4. The number of carbonyl (C=O) groups is 1. The van der Waals surface area contributed by atoms with Gasteiger partial charge >= 0.3 is 0 Å². The lowest BCUT2D eigenvalue weighted by Crippen LogP contribution is -2.24. The molecule has 0 fully saturated rings. The molecule has 6 heteroatoms. The van der Waals surface area contributed by atoms with Gasteiger partial charge in [-0.15, -0.1) is 0 Å². The van der Waals surface area contributed by atoms with Gasteiger partial charge in [-0.3, -0.25) is 14.5 Å². The molecule has 0 aliphatic carbocycles. The van der Waals surface area contributed by atoms with E-state index >= 15 is 0 Å². The number of carbonyl (C=O) groups excluding carboxylic acids is 1. The molecule has 0 saturated heterocycles. The number of pyridine rings is 1. The molecule has 0 bridgehead atoms. The molecule has 0 unspecified atom stereocenters. The molecule has 3 aromatic heterocycles. The number of hydrogen-bond acceptors (Lipinski definition) is 4. The molecule has 1 amide bonds. The fraction of sp³-hybridized carbons (Fsp3) is 0.235. The number of aryl methyl sites for hydroxylation is 2. The lowest BCUT2D eigenvalue weighted by atomic mass is 10.1. The van der Waals surface area contributed by atoms with Crippen LogP contribution in [0.2, 0.25) is 0 Å². The third-order valence-corrected chi connectivity index (χ3v) is 3.79. The molecule has 3 heterocycles.